The number of nitrogens with zero attached hydrogens (tertiary/aromatic N) is 7. The van der Waals surface area contributed by atoms with Crippen LogP contribution in [0.4, 0.5) is 34.1 Å². The molecule has 0 aliphatic rings. The fourth-order valence-electron chi connectivity index (χ4n) is 11.7. The number of alkyl halides is 6. The number of benzene rings is 6. The molecular formula is C83H129BBr5Cl6N9O12S2Y-. The third-order valence-corrected chi connectivity index (χ3v) is 21.5. The van der Waals surface area contributed by atoms with E-state index >= 15 is 0 Å². The summed E-state index contributed by atoms with van der Waals surface area (Å²) >= 11 is 51.5. The Labute approximate surface area is 812 Å². The third-order valence-electron chi connectivity index (χ3n) is 16.8. The van der Waals surface area contributed by atoms with Gasteiger partial charge in [-0.25, -0.2) is 0 Å². The van der Waals surface area contributed by atoms with Crippen LogP contribution in [0.1, 0.15) is 127 Å². The Morgan fingerprint density at radius 3 is 1.09 bits per heavy atom. The molecule has 0 heterocycles. The molecule has 6 rings (SSSR count). The van der Waals surface area contributed by atoms with Crippen molar-refractivity contribution < 1.29 is 88.0 Å². The minimum absolute atomic E-state index is 0. The minimum Gasteiger partial charge on any atom is -0.537 e. The first-order valence-electron chi connectivity index (χ1n) is 39.6. The Morgan fingerprint density at radius 1 is 0.412 bits per heavy atom. The quantitative estimate of drug-likeness (QED) is 0.00468. The number of hydrogen-bond acceptors (Lipinski definition) is 21. The average molecular weight is 2220 g/mol. The van der Waals surface area contributed by atoms with Crippen LogP contribution in [0.5, 0.6) is 5.75 Å². The van der Waals surface area contributed by atoms with Crippen molar-refractivity contribution in [3.05, 3.63) is 172 Å². The molecule has 0 aromatic heterocycles. The molecule has 0 spiro atoms. The monoisotopic (exact) mass is 2210 g/mol. The van der Waals surface area contributed by atoms with Gasteiger partial charge >= 0.3 is 7.69 Å². The van der Waals surface area contributed by atoms with E-state index in [0.717, 1.165) is 200 Å². The maximum atomic E-state index is 11.2. The van der Waals surface area contributed by atoms with Crippen LogP contribution in [0.3, 0.4) is 0 Å². The van der Waals surface area contributed by atoms with Crippen molar-refractivity contribution in [2.45, 2.75) is 126 Å². The molecule has 674 valence electrons. The maximum Gasteiger partial charge on any atom is 0.569 e. The molecular weight excluding hydrogens is 2090 g/mol. The van der Waals surface area contributed by atoms with E-state index in [1.807, 2.05) is 65.3 Å². The van der Waals surface area contributed by atoms with E-state index in [9.17, 15) is 21.9 Å². The van der Waals surface area contributed by atoms with Gasteiger partial charge in [0.05, 0.1) is 52.2 Å². The maximum absolute atomic E-state index is 11.2. The largest absolute Gasteiger partial charge is 0.569 e. The van der Waals surface area contributed by atoms with E-state index in [0.29, 0.717) is 78.5 Å². The van der Waals surface area contributed by atoms with Crippen molar-refractivity contribution in [3.8, 4) is 5.75 Å². The predicted octanol–water partition coefficient (Wildman–Crippen LogP) is 18.5. The molecule has 0 bridgehead atoms. The zero-order valence-electron chi connectivity index (χ0n) is 70.7. The standard InChI is InChI=1S/C17H28BCl2N2O2.C17H27BrCl2N2.C14H22BrNO6S2.C13H19BrN.C11H16BrNO3.C7H8BrNO.C4H9Cl2N.Y/c1-3-9-22(10-4-2)17-13-16(24-18-23)6-5-15(17)14-21(11-7-19)12-8-20;1-3-9-22(10-4-2)17-13-16(18)6-5-15(17)14-21(11-7-19)12-8-20;1-4-7-16(8-9-21-23(2,17)18)14-10-13(15)6-5-12(14)11-22-24(3,19)20;1-4-8-15(9-5-2)13-10-12(14)7-6-11(13)3;12-10-2-1-9(8-16)11(7-10)13(3-5-14)4-6-15;8-6-2-1-5(4-10)7(9)3-6;5-1-3-7-4-2-6;/h5-6,13,23H,3-4,7-12,14H2,1-2H3;5-6,13H,3-4,7-12,14H2,1-2H3;5-6,10H,4,7-9,11H2,1-3H3;6-7,10H,3-5,8-9H2,1-2H3;1-2,7,14-16H,3-6,8H2;1-3,10H,4,9H2;7H,1-4H2;/q;;;-1;;;;. The number of aliphatic hydroxyl groups excluding tert-OH is 4. The number of anilines is 6. The van der Waals surface area contributed by atoms with E-state index in [4.69, 9.17) is 109 Å². The number of nitrogens with two attached hydrogens (primary N) is 1. The van der Waals surface area contributed by atoms with Gasteiger partial charge in [-0.3, -0.25) is 18.2 Å². The van der Waals surface area contributed by atoms with Crippen LogP contribution in [0, 0.1) is 6.92 Å². The molecule has 0 aliphatic heterocycles. The van der Waals surface area contributed by atoms with Gasteiger partial charge in [0.1, 0.15) is 5.75 Å². The van der Waals surface area contributed by atoms with E-state index in [1.165, 1.54) is 35.3 Å². The van der Waals surface area contributed by atoms with Gasteiger partial charge in [-0.1, -0.05) is 170 Å². The van der Waals surface area contributed by atoms with Gasteiger partial charge in [-0.05, 0) is 115 Å². The molecule has 36 heteroatoms. The van der Waals surface area contributed by atoms with E-state index < -0.39 is 20.2 Å². The molecule has 0 atom stereocenters. The molecule has 8 N–H and O–H groups in total. The van der Waals surface area contributed by atoms with E-state index in [2.05, 4.69) is 194 Å². The summed E-state index contributed by atoms with van der Waals surface area (Å²) in [6.45, 7) is 34.2. The number of halogens is 11. The SMILES string of the molecule is CCCN(CCC)c1cc(Br)ccc1CN(CCCl)CCCl.CCCN(CCC)c1cc(O[B]O)ccc1CN(CCCl)CCCl.CCCN(CCOS(C)(=O)=O)c1cc(Br)ccc1COS(C)(=O)=O.ClCCNCCCl.Nc1cc(Br)ccc1CO.OCCN(CCO)c1cc(Br)ccc1CO.[CH2-]c1ccc(Br)cc1N(CCC)CCC.[Y]. The Kier molecular flexibility index (Phi) is 73.9. The predicted molar refractivity (Wildman–Crippen MR) is 522 cm³/mol. The summed E-state index contributed by atoms with van der Waals surface area (Å²) in [5.74, 6) is 4.40. The molecule has 0 amide bonds. The van der Waals surface area contributed by atoms with Crippen molar-refractivity contribution in [3.63, 3.8) is 0 Å². The normalized spacial score (nSPS) is 10.8. The molecule has 0 aliphatic carbocycles. The fourth-order valence-corrected chi connectivity index (χ4v) is 15.4. The summed E-state index contributed by atoms with van der Waals surface area (Å²) in [6.07, 6.45) is 9.62. The number of aliphatic hydroxyl groups is 4. The van der Waals surface area contributed by atoms with Gasteiger partial charge in [0, 0.05) is 255 Å². The van der Waals surface area contributed by atoms with Crippen LogP contribution < -0.4 is 40.2 Å². The molecule has 0 saturated heterocycles. The Balaban J connectivity index is 0. The minimum atomic E-state index is -3.56. The topological polar surface area (TPSA) is 258 Å². The summed E-state index contributed by atoms with van der Waals surface area (Å²) in [6, 6.07) is 35.1. The van der Waals surface area contributed by atoms with Gasteiger partial charge in [-0.2, -0.15) is 35.4 Å². The van der Waals surface area contributed by atoms with Gasteiger partial charge in [-0.15, -0.1) is 75.7 Å². The van der Waals surface area contributed by atoms with Crippen LogP contribution in [0.15, 0.2) is 132 Å². The Morgan fingerprint density at radius 2 is 0.731 bits per heavy atom. The van der Waals surface area contributed by atoms with Crippen LogP contribution in [0.25, 0.3) is 0 Å². The second-order valence-electron chi connectivity index (χ2n) is 26.6. The molecule has 2 radical (unpaired) electrons. The average Bonchev–Trinajstić information content (AvgIpc) is 0.840. The number of nitrogen functional groups attached to an aromatic ring is 1. The summed E-state index contributed by atoms with van der Waals surface area (Å²) in [4.78, 5) is 15.6. The summed E-state index contributed by atoms with van der Waals surface area (Å²) < 4.78 is 64.4. The van der Waals surface area contributed by atoms with E-state index in [-0.39, 0.29) is 72.4 Å². The number of nitrogens with one attached hydrogen (secondary N) is 1. The van der Waals surface area contributed by atoms with Crippen LogP contribution in [-0.2, 0) is 94.2 Å². The Hall–Kier alpha value is -1.40. The van der Waals surface area contributed by atoms with Crippen molar-refractivity contribution in [2.75, 3.05) is 203 Å². The van der Waals surface area contributed by atoms with Crippen molar-refractivity contribution in [2.24, 2.45) is 0 Å². The summed E-state index contributed by atoms with van der Waals surface area (Å²) in [7, 11) is -6.34. The molecule has 0 saturated carbocycles. The smallest absolute Gasteiger partial charge is 0.537 e. The summed E-state index contributed by atoms with van der Waals surface area (Å²) in [5.41, 5.74) is 17.4. The second kappa shape index (κ2) is 73.5. The fraction of sp³-hybridized carbons (Fsp3) is 0.554. The molecule has 6 aromatic rings. The van der Waals surface area contributed by atoms with Crippen LogP contribution in [0.2, 0.25) is 0 Å². The van der Waals surface area contributed by atoms with E-state index in [1.54, 1.807) is 24.3 Å². The van der Waals surface area contributed by atoms with Gasteiger partial charge in [0.2, 0.25) is 0 Å². The molecule has 0 unspecified atom stereocenters. The first kappa shape index (κ1) is 120. The molecule has 21 nitrogen and oxygen atoms in total. The van der Waals surface area contributed by atoms with Crippen molar-refractivity contribution in [1.82, 2.24) is 15.1 Å². The molecule has 0 fully saturated rings. The van der Waals surface area contributed by atoms with Crippen molar-refractivity contribution in [1.29, 1.82) is 0 Å². The number of hydrogen-bond donors (Lipinski definition) is 7. The first-order chi connectivity index (χ1) is 56.4. The zero-order valence-corrected chi connectivity index (χ0v) is 87.6. The van der Waals surface area contributed by atoms with Crippen LogP contribution in [-0.4, -0.2) is 232 Å². The number of rotatable bonds is 50. The first-order valence-corrected chi connectivity index (χ1v) is 50.4. The summed E-state index contributed by atoms with van der Waals surface area (Å²) in [5, 5.41) is 47.8. The van der Waals surface area contributed by atoms with Crippen molar-refractivity contribution >= 4 is 211 Å². The molecule has 6 aromatic carbocycles. The zero-order chi connectivity index (χ0) is 88.9. The Bertz CT molecular complexity index is 3810. The van der Waals surface area contributed by atoms with Crippen LogP contribution >= 0.6 is 149 Å². The van der Waals surface area contributed by atoms with Gasteiger partial charge in [0.15, 0.2) is 0 Å². The van der Waals surface area contributed by atoms with Gasteiger partial charge in [0.25, 0.3) is 20.2 Å². The second-order valence-corrected chi connectivity index (χ2v) is 36.7. The van der Waals surface area contributed by atoms with Gasteiger partial charge < -0.3 is 65.7 Å². The third kappa shape index (κ3) is 54.5. The molecule has 119 heavy (non-hydrogen) atoms.